The number of hydrogen-bond donors (Lipinski definition) is 2. The molecular formula is C27H32F3N3O2. The second-order valence-corrected chi connectivity index (χ2v) is 9.79. The lowest BCUT2D eigenvalue weighted by Gasteiger charge is -2.36. The van der Waals surface area contributed by atoms with Crippen LogP contribution in [0, 0.1) is 26.7 Å². The summed E-state index contributed by atoms with van der Waals surface area (Å²) in [6, 6.07) is 7.75. The molecule has 1 aliphatic heterocycles. The molecule has 0 bridgehead atoms. The van der Waals surface area contributed by atoms with Crippen LogP contribution in [0.2, 0.25) is 0 Å². The normalized spacial score (nSPS) is 19.7. The van der Waals surface area contributed by atoms with E-state index in [1.165, 1.54) is 0 Å². The summed E-state index contributed by atoms with van der Waals surface area (Å²) in [5.41, 5.74) is 4.28. The van der Waals surface area contributed by atoms with Crippen molar-refractivity contribution in [2.75, 3.05) is 6.54 Å². The van der Waals surface area contributed by atoms with Crippen molar-refractivity contribution in [1.82, 2.24) is 14.9 Å². The number of benzene rings is 1. The minimum absolute atomic E-state index is 0.00930. The molecule has 0 saturated carbocycles. The summed E-state index contributed by atoms with van der Waals surface area (Å²) in [6.45, 7) is 7.83. The number of carbonyl (C=O) groups excluding carboxylic acids is 1. The minimum Gasteiger partial charge on any atom is -0.341 e. The molecule has 2 aromatic heterocycles. The third-order valence-corrected chi connectivity index (χ3v) is 7.46. The molecule has 0 radical (unpaired) electrons. The number of piperidine rings is 1. The number of H-pyrrole nitrogens is 1. The number of alkyl halides is 3. The van der Waals surface area contributed by atoms with Gasteiger partial charge in [0.15, 0.2) is 5.78 Å². The fraction of sp³-hybridized carbons (Fsp3) is 0.481. The van der Waals surface area contributed by atoms with Gasteiger partial charge in [-0.15, -0.1) is 0 Å². The van der Waals surface area contributed by atoms with Crippen molar-refractivity contribution in [2.24, 2.45) is 5.92 Å². The van der Waals surface area contributed by atoms with Crippen molar-refractivity contribution in [3.05, 3.63) is 68.8 Å². The van der Waals surface area contributed by atoms with Crippen molar-refractivity contribution in [1.29, 1.82) is 0 Å². The van der Waals surface area contributed by atoms with Crippen LogP contribution in [0.25, 0.3) is 10.9 Å². The molecule has 3 heterocycles. The molecule has 8 heteroatoms. The summed E-state index contributed by atoms with van der Waals surface area (Å²) in [4.78, 5) is 28.6. The zero-order valence-electron chi connectivity index (χ0n) is 20.6. The van der Waals surface area contributed by atoms with Gasteiger partial charge in [0.1, 0.15) is 6.04 Å². The van der Waals surface area contributed by atoms with Crippen LogP contribution < -0.4 is 10.9 Å². The highest BCUT2D eigenvalue weighted by Gasteiger charge is 2.43. The quantitative estimate of drug-likeness (QED) is 0.447. The van der Waals surface area contributed by atoms with E-state index in [0.29, 0.717) is 30.5 Å². The molecular weight excluding hydrogens is 455 g/mol. The van der Waals surface area contributed by atoms with Gasteiger partial charge < -0.3 is 14.9 Å². The monoisotopic (exact) mass is 487 g/mol. The van der Waals surface area contributed by atoms with Gasteiger partial charge in [-0.25, -0.2) is 0 Å². The Hall–Kier alpha value is -2.87. The largest absolute Gasteiger partial charge is 0.403 e. The van der Waals surface area contributed by atoms with Crippen molar-refractivity contribution in [3.8, 4) is 0 Å². The number of pyridine rings is 1. The zero-order chi connectivity index (χ0) is 25.5. The molecule has 2 N–H and O–H groups in total. The van der Waals surface area contributed by atoms with Crippen molar-refractivity contribution in [2.45, 2.75) is 71.6 Å². The molecule has 1 aliphatic rings. The summed E-state index contributed by atoms with van der Waals surface area (Å²) < 4.78 is 42.2. The summed E-state index contributed by atoms with van der Waals surface area (Å²) in [7, 11) is 0. The van der Waals surface area contributed by atoms with Gasteiger partial charge in [0, 0.05) is 45.9 Å². The molecule has 0 aliphatic carbocycles. The summed E-state index contributed by atoms with van der Waals surface area (Å²) in [6.07, 6.45) is -3.12. The smallest absolute Gasteiger partial charge is 0.341 e. The predicted octanol–water partition coefficient (Wildman–Crippen LogP) is 5.56. The average Bonchev–Trinajstić information content (AvgIpc) is 3.09. The third kappa shape index (κ3) is 4.94. The number of Topliss-reactive ketones (excluding diaryl/α,β-unsaturated/α-hetero) is 1. The van der Waals surface area contributed by atoms with E-state index < -0.39 is 12.2 Å². The van der Waals surface area contributed by atoms with E-state index in [-0.39, 0.29) is 36.1 Å². The van der Waals surface area contributed by atoms with Crippen LogP contribution >= 0.6 is 0 Å². The Bertz CT molecular complexity index is 1310. The highest BCUT2D eigenvalue weighted by Crippen LogP contribution is 2.38. The highest BCUT2D eigenvalue weighted by atomic mass is 19.4. The highest BCUT2D eigenvalue weighted by molar-refractivity contribution is 6.09. The van der Waals surface area contributed by atoms with Gasteiger partial charge in [0.2, 0.25) is 0 Å². The van der Waals surface area contributed by atoms with Gasteiger partial charge >= 0.3 is 6.18 Å². The third-order valence-electron chi connectivity index (χ3n) is 7.46. The number of aryl methyl sites for hydroxylation is 2. The predicted molar refractivity (Wildman–Crippen MR) is 131 cm³/mol. The maximum Gasteiger partial charge on any atom is 0.403 e. The Morgan fingerprint density at radius 1 is 1.20 bits per heavy atom. The van der Waals surface area contributed by atoms with Crippen LogP contribution in [-0.4, -0.2) is 34.1 Å². The number of ketones is 1. The Labute approximate surface area is 202 Å². The fourth-order valence-electron chi connectivity index (χ4n) is 5.67. The van der Waals surface area contributed by atoms with E-state index in [2.05, 4.69) is 10.3 Å². The van der Waals surface area contributed by atoms with Crippen molar-refractivity contribution in [3.63, 3.8) is 0 Å². The number of halogens is 3. The number of nitrogens with zero attached hydrogens (tertiary/aromatic N) is 1. The number of nitrogens with one attached hydrogen (secondary N) is 2. The number of hydrogen-bond acceptors (Lipinski definition) is 3. The lowest BCUT2D eigenvalue weighted by Crippen LogP contribution is -2.48. The Morgan fingerprint density at radius 2 is 1.91 bits per heavy atom. The molecule has 1 aromatic carbocycles. The van der Waals surface area contributed by atoms with Crippen molar-refractivity contribution >= 4 is 16.7 Å². The second kappa shape index (κ2) is 9.64. The van der Waals surface area contributed by atoms with Gasteiger partial charge in [-0.05, 0) is 77.1 Å². The van der Waals surface area contributed by atoms with Gasteiger partial charge in [-0.3, -0.25) is 9.59 Å². The van der Waals surface area contributed by atoms with Crippen LogP contribution in [0.5, 0.6) is 0 Å². The summed E-state index contributed by atoms with van der Waals surface area (Å²) >= 11 is 0. The van der Waals surface area contributed by atoms with Crippen LogP contribution in [0.15, 0.2) is 35.1 Å². The number of para-hydroxylation sites is 1. The zero-order valence-corrected chi connectivity index (χ0v) is 20.6. The molecule has 4 rings (SSSR count). The molecule has 35 heavy (non-hydrogen) atoms. The molecule has 3 unspecified atom stereocenters. The van der Waals surface area contributed by atoms with Gasteiger partial charge in [0.25, 0.3) is 5.56 Å². The minimum atomic E-state index is -4.28. The summed E-state index contributed by atoms with van der Waals surface area (Å²) in [5.74, 6) is -0.239. The van der Waals surface area contributed by atoms with Crippen LogP contribution in [0.4, 0.5) is 13.2 Å². The second-order valence-electron chi connectivity index (χ2n) is 9.79. The van der Waals surface area contributed by atoms with Crippen molar-refractivity contribution < 1.29 is 18.0 Å². The lowest BCUT2D eigenvalue weighted by atomic mass is 9.86. The number of carbonyl (C=O) groups is 1. The van der Waals surface area contributed by atoms with E-state index in [1.807, 2.05) is 62.6 Å². The molecule has 1 fully saturated rings. The molecule has 3 atom stereocenters. The molecule has 0 spiro atoms. The first kappa shape index (κ1) is 25.2. The topological polar surface area (TPSA) is 66.9 Å². The van der Waals surface area contributed by atoms with E-state index >= 15 is 0 Å². The Morgan fingerprint density at radius 3 is 2.60 bits per heavy atom. The van der Waals surface area contributed by atoms with Crippen LogP contribution in [-0.2, 0) is 6.42 Å². The summed E-state index contributed by atoms with van der Waals surface area (Å²) in [5, 5.41) is 3.40. The average molecular weight is 488 g/mol. The SMILES string of the molecule is Cc1cc(C)c(CCC(=O)c2c(C)n(C(C)C3CCNC(C(F)(F)F)C3)c3ccccc23)c(=O)[nH]1. The van der Waals surface area contributed by atoms with E-state index in [9.17, 15) is 22.8 Å². The van der Waals surface area contributed by atoms with Gasteiger partial charge in [-0.1, -0.05) is 18.2 Å². The Balaban J connectivity index is 1.65. The van der Waals surface area contributed by atoms with E-state index in [4.69, 9.17) is 0 Å². The first-order valence-electron chi connectivity index (χ1n) is 12.1. The van der Waals surface area contributed by atoms with E-state index in [1.54, 1.807) is 0 Å². The molecule has 0 amide bonds. The fourth-order valence-corrected chi connectivity index (χ4v) is 5.67. The van der Waals surface area contributed by atoms with Crippen LogP contribution in [0.3, 0.4) is 0 Å². The van der Waals surface area contributed by atoms with Crippen LogP contribution in [0.1, 0.15) is 65.1 Å². The van der Waals surface area contributed by atoms with Gasteiger partial charge in [0.05, 0.1) is 0 Å². The first-order chi connectivity index (χ1) is 16.5. The lowest BCUT2D eigenvalue weighted by molar-refractivity contribution is -0.164. The maximum atomic E-state index is 13.5. The molecule has 188 valence electrons. The molecule has 3 aromatic rings. The maximum absolute atomic E-state index is 13.5. The number of aromatic nitrogens is 2. The molecule has 1 saturated heterocycles. The van der Waals surface area contributed by atoms with E-state index in [0.717, 1.165) is 27.9 Å². The first-order valence-corrected chi connectivity index (χ1v) is 12.1. The van der Waals surface area contributed by atoms with Gasteiger partial charge in [-0.2, -0.15) is 13.2 Å². The standard InChI is InChI=1S/C27H32F3N3O2/c1-15-13-16(2)32-26(35)20(15)9-10-23(34)25-18(4)33(22-8-6-5-7-21(22)25)17(3)19-11-12-31-24(14-19)27(28,29)30/h5-8,13,17,19,24,31H,9-12,14H2,1-4H3,(H,32,35). The molecule has 5 nitrogen and oxygen atoms in total. The number of rotatable bonds is 6. The number of aromatic amines is 1. The Kier molecular flexibility index (Phi) is 6.95. The number of fused-ring (bicyclic) bond motifs is 1.